The molecule has 0 atom stereocenters. The summed E-state index contributed by atoms with van der Waals surface area (Å²) in [6.45, 7) is 4.91. The van der Waals surface area contributed by atoms with Gasteiger partial charge in [0.25, 0.3) is 0 Å². The predicted molar refractivity (Wildman–Crippen MR) is 74.0 cm³/mol. The third-order valence-electron chi connectivity index (χ3n) is 2.86. The molecular formula is C13H20N2O2S. The molecule has 1 aliphatic carbocycles. The van der Waals surface area contributed by atoms with Gasteiger partial charge in [-0.15, -0.1) is 0 Å². The maximum Gasteiger partial charge on any atom is 0.235 e. The lowest BCUT2D eigenvalue weighted by Crippen LogP contribution is -2.22. The van der Waals surface area contributed by atoms with Crippen LogP contribution in [0, 0.1) is 0 Å². The quantitative estimate of drug-likeness (QED) is 0.830. The first-order valence-corrected chi connectivity index (χ1v) is 7.86. The summed E-state index contributed by atoms with van der Waals surface area (Å²) in [4.78, 5) is 0. The summed E-state index contributed by atoms with van der Waals surface area (Å²) in [6.07, 6.45) is 1.56. The van der Waals surface area contributed by atoms with E-state index in [9.17, 15) is 8.42 Å². The van der Waals surface area contributed by atoms with Crippen LogP contribution in [-0.4, -0.2) is 19.7 Å². The van der Waals surface area contributed by atoms with Gasteiger partial charge in [0.05, 0.1) is 5.25 Å². The maximum atomic E-state index is 11.8. The molecule has 5 heteroatoms. The Hall–Kier alpha value is -1.07. The van der Waals surface area contributed by atoms with Crippen molar-refractivity contribution in [2.24, 2.45) is 0 Å². The van der Waals surface area contributed by atoms with Crippen molar-refractivity contribution >= 4 is 15.7 Å². The minimum atomic E-state index is -3.16. The Bertz CT molecular complexity index is 507. The van der Waals surface area contributed by atoms with Crippen molar-refractivity contribution in [2.45, 2.75) is 44.5 Å². The van der Waals surface area contributed by atoms with Crippen LogP contribution in [0.2, 0.25) is 0 Å². The maximum absolute atomic E-state index is 11.8. The van der Waals surface area contributed by atoms with Crippen molar-refractivity contribution < 1.29 is 8.42 Å². The summed E-state index contributed by atoms with van der Waals surface area (Å²) in [6, 6.07) is 7.96. The van der Waals surface area contributed by atoms with E-state index in [4.69, 9.17) is 0 Å². The van der Waals surface area contributed by atoms with Crippen molar-refractivity contribution in [3.8, 4) is 0 Å². The number of hydrogen-bond donors (Lipinski definition) is 2. The zero-order chi connectivity index (χ0) is 13.2. The fourth-order valence-electron chi connectivity index (χ4n) is 1.69. The average Bonchev–Trinajstić information content (AvgIpc) is 3.10. The number of sulfonamides is 1. The second-order valence-corrected chi connectivity index (χ2v) is 7.04. The van der Waals surface area contributed by atoms with E-state index in [1.165, 1.54) is 0 Å². The molecule has 2 N–H and O–H groups in total. The highest BCUT2D eigenvalue weighted by Gasteiger charge is 2.35. The van der Waals surface area contributed by atoms with Crippen LogP contribution >= 0.6 is 0 Å². The molecule has 1 aromatic rings. The van der Waals surface area contributed by atoms with Crippen molar-refractivity contribution in [1.82, 2.24) is 5.32 Å². The van der Waals surface area contributed by atoms with E-state index in [2.05, 4.69) is 23.9 Å². The highest BCUT2D eigenvalue weighted by Crippen LogP contribution is 2.29. The summed E-state index contributed by atoms with van der Waals surface area (Å²) in [5.41, 5.74) is 1.74. The van der Waals surface area contributed by atoms with Crippen LogP contribution in [0.4, 0.5) is 5.69 Å². The van der Waals surface area contributed by atoms with E-state index in [-0.39, 0.29) is 5.25 Å². The van der Waals surface area contributed by atoms with Crippen LogP contribution < -0.4 is 10.0 Å². The molecule has 0 radical (unpaired) electrons. The number of nitrogens with one attached hydrogen (secondary N) is 2. The Labute approximate surface area is 109 Å². The largest absolute Gasteiger partial charge is 0.310 e. The van der Waals surface area contributed by atoms with E-state index in [1.54, 1.807) is 6.07 Å². The van der Waals surface area contributed by atoms with E-state index in [1.807, 2.05) is 18.2 Å². The van der Waals surface area contributed by atoms with Crippen LogP contribution in [0.3, 0.4) is 0 Å². The first kappa shape index (κ1) is 13.4. The van der Waals surface area contributed by atoms with Crippen molar-refractivity contribution in [3.63, 3.8) is 0 Å². The molecule has 2 rings (SSSR count). The van der Waals surface area contributed by atoms with Crippen LogP contribution in [0.15, 0.2) is 24.3 Å². The Morgan fingerprint density at radius 3 is 2.67 bits per heavy atom. The molecule has 1 aliphatic rings. The van der Waals surface area contributed by atoms with Crippen LogP contribution in [0.5, 0.6) is 0 Å². The van der Waals surface area contributed by atoms with Crippen molar-refractivity contribution in [1.29, 1.82) is 0 Å². The Morgan fingerprint density at radius 1 is 1.33 bits per heavy atom. The fourth-order valence-corrected chi connectivity index (χ4v) is 3.07. The smallest absolute Gasteiger partial charge is 0.235 e. The molecule has 4 nitrogen and oxygen atoms in total. The van der Waals surface area contributed by atoms with Crippen LogP contribution in [0.1, 0.15) is 32.3 Å². The number of anilines is 1. The molecule has 1 fully saturated rings. The second-order valence-electron chi connectivity index (χ2n) is 5.08. The molecule has 1 saturated carbocycles. The molecule has 0 bridgehead atoms. The molecule has 0 spiro atoms. The number of rotatable bonds is 6. The zero-order valence-corrected chi connectivity index (χ0v) is 11.6. The van der Waals surface area contributed by atoms with Gasteiger partial charge in [-0.3, -0.25) is 4.72 Å². The lowest BCUT2D eigenvalue weighted by atomic mass is 10.2. The molecule has 18 heavy (non-hydrogen) atoms. The SMILES string of the molecule is CC(C)NCc1cccc(NS(=O)(=O)C2CC2)c1. The molecule has 0 aromatic heterocycles. The summed E-state index contributed by atoms with van der Waals surface area (Å²) in [7, 11) is -3.16. The minimum absolute atomic E-state index is 0.185. The van der Waals surface area contributed by atoms with Gasteiger partial charge in [0, 0.05) is 18.3 Å². The summed E-state index contributed by atoms with van der Waals surface area (Å²) < 4.78 is 26.3. The second kappa shape index (κ2) is 5.28. The van der Waals surface area contributed by atoms with Gasteiger partial charge in [-0.05, 0) is 30.5 Å². The van der Waals surface area contributed by atoms with Crippen molar-refractivity contribution in [3.05, 3.63) is 29.8 Å². The monoisotopic (exact) mass is 268 g/mol. The third-order valence-corrected chi connectivity index (χ3v) is 4.73. The summed E-state index contributed by atoms with van der Waals surface area (Å²) >= 11 is 0. The fraction of sp³-hybridized carbons (Fsp3) is 0.538. The highest BCUT2D eigenvalue weighted by molar-refractivity contribution is 7.93. The van der Waals surface area contributed by atoms with Gasteiger partial charge in [0.15, 0.2) is 0 Å². The van der Waals surface area contributed by atoms with E-state index in [0.717, 1.165) is 24.9 Å². The standard InChI is InChI=1S/C13H20N2O2S/c1-10(2)14-9-11-4-3-5-12(8-11)15-18(16,17)13-6-7-13/h3-5,8,10,13-15H,6-7,9H2,1-2H3. The van der Waals surface area contributed by atoms with Crippen LogP contribution in [-0.2, 0) is 16.6 Å². The van der Waals surface area contributed by atoms with Crippen molar-refractivity contribution in [2.75, 3.05) is 4.72 Å². The Morgan fingerprint density at radius 2 is 2.06 bits per heavy atom. The molecule has 0 heterocycles. The van der Waals surface area contributed by atoms with E-state index in [0.29, 0.717) is 11.7 Å². The topological polar surface area (TPSA) is 58.2 Å². The molecule has 0 aliphatic heterocycles. The number of benzene rings is 1. The molecule has 0 saturated heterocycles. The molecule has 100 valence electrons. The minimum Gasteiger partial charge on any atom is -0.310 e. The lowest BCUT2D eigenvalue weighted by molar-refractivity contribution is 0.589. The van der Waals surface area contributed by atoms with Gasteiger partial charge >= 0.3 is 0 Å². The lowest BCUT2D eigenvalue weighted by Gasteiger charge is -2.11. The van der Waals surface area contributed by atoms with Gasteiger partial charge < -0.3 is 5.32 Å². The molecule has 1 aromatic carbocycles. The first-order valence-electron chi connectivity index (χ1n) is 6.31. The van der Waals surface area contributed by atoms with Gasteiger partial charge in [-0.1, -0.05) is 26.0 Å². The normalized spacial score (nSPS) is 15.9. The van der Waals surface area contributed by atoms with E-state index >= 15 is 0 Å². The average molecular weight is 268 g/mol. The van der Waals surface area contributed by atoms with Gasteiger partial charge in [0.1, 0.15) is 0 Å². The van der Waals surface area contributed by atoms with Gasteiger partial charge in [-0.2, -0.15) is 0 Å². The van der Waals surface area contributed by atoms with Crippen LogP contribution in [0.25, 0.3) is 0 Å². The molecule has 0 amide bonds. The highest BCUT2D eigenvalue weighted by atomic mass is 32.2. The van der Waals surface area contributed by atoms with Gasteiger partial charge in [-0.25, -0.2) is 8.42 Å². The third kappa shape index (κ3) is 3.71. The summed E-state index contributed by atoms with van der Waals surface area (Å²) in [5, 5.41) is 3.12. The Balaban J connectivity index is 2.02. The van der Waals surface area contributed by atoms with Gasteiger partial charge in [0.2, 0.25) is 10.0 Å². The predicted octanol–water partition coefficient (Wildman–Crippen LogP) is 2.09. The Kier molecular flexibility index (Phi) is 3.92. The first-order chi connectivity index (χ1) is 8.47. The van der Waals surface area contributed by atoms with E-state index < -0.39 is 10.0 Å². The molecule has 0 unspecified atom stereocenters. The zero-order valence-electron chi connectivity index (χ0n) is 10.8. The molecular weight excluding hydrogens is 248 g/mol. The summed E-state index contributed by atoms with van der Waals surface area (Å²) in [5.74, 6) is 0. The number of hydrogen-bond acceptors (Lipinski definition) is 3.